The number of pyridine rings is 1. The summed E-state index contributed by atoms with van der Waals surface area (Å²) in [6.07, 6.45) is 3.06. The van der Waals surface area contributed by atoms with Crippen LogP contribution in [-0.4, -0.2) is 66.2 Å². The monoisotopic (exact) mass is 599 g/mol. The van der Waals surface area contributed by atoms with Gasteiger partial charge in [-0.1, -0.05) is 23.2 Å². The van der Waals surface area contributed by atoms with Gasteiger partial charge in [-0.25, -0.2) is 15.0 Å². The van der Waals surface area contributed by atoms with Crippen LogP contribution in [-0.2, 0) is 25.6 Å². The number of hydrogen-bond donors (Lipinski definition) is 3. The number of fused-ring (bicyclic) bond motifs is 1. The van der Waals surface area contributed by atoms with E-state index < -0.39 is 34.7 Å². The maximum Gasteiger partial charge on any atom is 0.335 e. The number of aliphatic hydroxyl groups excluding tert-OH is 1. The molecule has 0 amide bonds. The third-order valence-corrected chi connectivity index (χ3v) is 9.01. The Morgan fingerprint density at radius 2 is 2.03 bits per heavy atom. The summed E-state index contributed by atoms with van der Waals surface area (Å²) in [4.78, 5) is 26.3. The lowest BCUT2D eigenvalue weighted by Gasteiger charge is -2.25. The predicted molar refractivity (Wildman–Crippen MR) is 141 cm³/mol. The Morgan fingerprint density at radius 3 is 2.82 bits per heavy atom. The van der Waals surface area contributed by atoms with Gasteiger partial charge in [-0.05, 0) is 42.5 Å². The third-order valence-electron chi connectivity index (χ3n) is 6.42. The van der Waals surface area contributed by atoms with E-state index in [9.17, 15) is 18.3 Å². The number of nitrogens with one attached hydrogen (secondary N) is 2. The van der Waals surface area contributed by atoms with Crippen molar-refractivity contribution in [2.45, 2.75) is 43.6 Å². The minimum atomic E-state index is -3.97. The van der Waals surface area contributed by atoms with E-state index in [0.717, 1.165) is 22.5 Å². The van der Waals surface area contributed by atoms with Crippen LogP contribution in [0.4, 0.5) is 5.82 Å². The van der Waals surface area contributed by atoms with Crippen LogP contribution in [0.3, 0.4) is 0 Å². The number of carbonyl (C=O) groups is 1. The van der Waals surface area contributed by atoms with E-state index in [1.807, 2.05) is 0 Å². The molecule has 3 N–H and O–H groups in total. The molecule has 3 aromatic rings. The molecule has 1 aliphatic carbocycles. The molecule has 5 rings (SSSR count). The van der Waals surface area contributed by atoms with E-state index in [4.69, 9.17) is 32.1 Å². The number of carbonyl (C=O) groups excluding carboxylic acids is 1. The topological polar surface area (TPSA) is 153 Å². The molecule has 1 aliphatic heterocycles. The van der Waals surface area contributed by atoms with E-state index >= 15 is 0 Å². The molecule has 38 heavy (non-hydrogen) atoms. The normalized spacial score (nSPS) is 23.3. The first-order valence-electron chi connectivity index (χ1n) is 11.6. The third kappa shape index (κ3) is 5.70. The molecular formula is C23H23Cl2N5O6S2. The van der Waals surface area contributed by atoms with Crippen LogP contribution in [0, 0.1) is 0 Å². The summed E-state index contributed by atoms with van der Waals surface area (Å²) in [5.41, 5.74) is 2.72. The Bertz CT molecular complexity index is 1470. The number of aliphatic hydroxyl groups is 1. The maximum atomic E-state index is 13.5. The minimum absolute atomic E-state index is 0.185. The van der Waals surface area contributed by atoms with Crippen LogP contribution in [0.25, 0.3) is 0 Å². The fourth-order valence-corrected chi connectivity index (χ4v) is 6.64. The highest BCUT2D eigenvalue weighted by Crippen LogP contribution is 2.41. The SMILES string of the molecule is CNS(=O)(=O)O[C@@H]1C[C@H](Nc2ncncc2C(=O)c2cc([C@@H]3OCCc4cnc(Cl)cc43)c(Cl)s2)C[C@@H]1O. The second-order valence-corrected chi connectivity index (χ2v) is 12.4. The van der Waals surface area contributed by atoms with Crippen LogP contribution in [0.1, 0.15) is 50.9 Å². The molecule has 0 bridgehead atoms. The summed E-state index contributed by atoms with van der Waals surface area (Å²) in [6, 6.07) is 3.06. The van der Waals surface area contributed by atoms with Gasteiger partial charge in [-0.3, -0.25) is 8.98 Å². The Morgan fingerprint density at radius 1 is 1.21 bits per heavy atom. The Hall–Kier alpha value is -2.23. The second kappa shape index (κ2) is 11.1. The maximum absolute atomic E-state index is 13.5. The molecule has 0 saturated heterocycles. The molecule has 0 aromatic carbocycles. The van der Waals surface area contributed by atoms with Crippen molar-refractivity contribution in [2.75, 3.05) is 19.0 Å². The van der Waals surface area contributed by atoms with Crippen LogP contribution >= 0.6 is 34.5 Å². The highest BCUT2D eigenvalue weighted by molar-refractivity contribution is 7.84. The van der Waals surface area contributed by atoms with Gasteiger partial charge in [0.2, 0.25) is 5.78 Å². The molecule has 4 atom stereocenters. The number of anilines is 1. The van der Waals surface area contributed by atoms with Gasteiger partial charge in [-0.15, -0.1) is 11.3 Å². The molecule has 2 aliphatic rings. The number of thiophene rings is 1. The van der Waals surface area contributed by atoms with Gasteiger partial charge in [-0.2, -0.15) is 13.1 Å². The van der Waals surface area contributed by atoms with Crippen molar-refractivity contribution in [2.24, 2.45) is 0 Å². The van der Waals surface area contributed by atoms with E-state index in [1.54, 1.807) is 18.3 Å². The van der Waals surface area contributed by atoms with Gasteiger partial charge in [0.05, 0.1) is 27.5 Å². The minimum Gasteiger partial charge on any atom is -0.390 e. The van der Waals surface area contributed by atoms with Gasteiger partial charge >= 0.3 is 10.3 Å². The fourth-order valence-electron chi connectivity index (χ4n) is 4.58. The molecule has 11 nitrogen and oxygen atoms in total. The molecule has 3 aromatic heterocycles. The van der Waals surface area contributed by atoms with Gasteiger partial charge in [0.15, 0.2) is 0 Å². The Balaban J connectivity index is 1.37. The van der Waals surface area contributed by atoms with Crippen molar-refractivity contribution in [3.8, 4) is 0 Å². The number of ether oxygens (including phenoxy) is 1. The Kier molecular flexibility index (Phi) is 7.99. The van der Waals surface area contributed by atoms with Crippen molar-refractivity contribution >= 4 is 56.4 Å². The summed E-state index contributed by atoms with van der Waals surface area (Å²) >= 11 is 13.8. The first kappa shape index (κ1) is 27.3. The van der Waals surface area contributed by atoms with Crippen molar-refractivity contribution < 1.29 is 27.2 Å². The summed E-state index contributed by atoms with van der Waals surface area (Å²) in [5.74, 6) is -0.0957. The number of rotatable bonds is 8. The molecule has 0 unspecified atom stereocenters. The molecule has 1 fully saturated rings. The number of aromatic nitrogens is 3. The highest BCUT2D eigenvalue weighted by atomic mass is 35.5. The van der Waals surface area contributed by atoms with Crippen molar-refractivity contribution in [3.63, 3.8) is 0 Å². The molecular weight excluding hydrogens is 577 g/mol. The smallest absolute Gasteiger partial charge is 0.335 e. The summed E-state index contributed by atoms with van der Waals surface area (Å²) in [7, 11) is -2.75. The van der Waals surface area contributed by atoms with E-state index in [-0.39, 0.29) is 30.0 Å². The van der Waals surface area contributed by atoms with E-state index in [0.29, 0.717) is 33.0 Å². The average Bonchev–Trinajstić information content (AvgIpc) is 3.44. The van der Waals surface area contributed by atoms with Gasteiger partial charge in [0.25, 0.3) is 0 Å². The van der Waals surface area contributed by atoms with Crippen molar-refractivity contribution in [3.05, 3.63) is 67.5 Å². The number of ketones is 1. The fraction of sp³-hybridized carbons (Fsp3) is 0.391. The molecule has 0 spiro atoms. The standard InChI is InChI=1S/C23H23Cl2N5O6S2/c1-26-38(33,34)36-17-5-12(4-16(17)31)30-23-15(9-27-10-29-23)20(32)18-6-14(22(25)37-18)21-13-7-19(24)28-8-11(13)2-3-35-21/h6-10,12,16-17,21,26,31H,2-5H2,1H3,(H,27,29,30)/t12-,16+,17-,21-/m1/s1. The van der Waals surface area contributed by atoms with Crippen molar-refractivity contribution in [1.82, 2.24) is 19.7 Å². The van der Waals surface area contributed by atoms with Crippen LogP contribution in [0.15, 0.2) is 30.9 Å². The summed E-state index contributed by atoms with van der Waals surface area (Å²) in [5, 5.41) is 13.8. The molecule has 1 saturated carbocycles. The average molecular weight is 601 g/mol. The lowest BCUT2D eigenvalue weighted by Crippen LogP contribution is -2.31. The zero-order chi connectivity index (χ0) is 27.0. The quantitative estimate of drug-likeness (QED) is 0.260. The Labute approximate surface area is 232 Å². The van der Waals surface area contributed by atoms with E-state index in [1.165, 1.54) is 19.6 Å². The first-order valence-corrected chi connectivity index (χ1v) is 14.6. The molecule has 15 heteroatoms. The van der Waals surface area contributed by atoms with E-state index in [2.05, 4.69) is 25.0 Å². The zero-order valence-corrected chi connectivity index (χ0v) is 23.1. The summed E-state index contributed by atoms with van der Waals surface area (Å²) in [6.45, 7) is 0.477. The predicted octanol–water partition coefficient (Wildman–Crippen LogP) is 2.92. The largest absolute Gasteiger partial charge is 0.390 e. The van der Waals surface area contributed by atoms with Gasteiger partial charge in [0, 0.05) is 31.0 Å². The lowest BCUT2D eigenvalue weighted by molar-refractivity contribution is 0.0636. The first-order chi connectivity index (χ1) is 18.1. The van der Waals surface area contributed by atoms with Gasteiger partial charge < -0.3 is 15.2 Å². The van der Waals surface area contributed by atoms with Crippen molar-refractivity contribution in [1.29, 1.82) is 0 Å². The van der Waals surface area contributed by atoms with Crippen LogP contribution in [0.2, 0.25) is 9.49 Å². The number of halogens is 2. The zero-order valence-electron chi connectivity index (χ0n) is 19.9. The highest BCUT2D eigenvalue weighted by Gasteiger charge is 2.37. The van der Waals surface area contributed by atoms with Crippen LogP contribution in [0.5, 0.6) is 0 Å². The molecule has 0 radical (unpaired) electrons. The second-order valence-electron chi connectivity index (χ2n) is 8.83. The lowest BCUT2D eigenvalue weighted by atomic mass is 9.96. The molecule has 202 valence electrons. The van der Waals surface area contributed by atoms with Crippen LogP contribution < -0.4 is 10.0 Å². The summed E-state index contributed by atoms with van der Waals surface area (Å²) < 4.78 is 37.0. The molecule has 4 heterocycles. The number of hydrogen-bond acceptors (Lipinski definition) is 11. The van der Waals surface area contributed by atoms with Gasteiger partial charge in [0.1, 0.15) is 29.5 Å². The number of nitrogens with zero attached hydrogens (tertiary/aromatic N) is 3.